The van der Waals surface area contributed by atoms with Gasteiger partial charge in [-0.2, -0.15) is 0 Å². The van der Waals surface area contributed by atoms with Gasteiger partial charge < -0.3 is 5.11 Å². The minimum Gasteiger partial charge on any atom is -0.385 e. The van der Waals surface area contributed by atoms with Crippen LogP contribution in [0.4, 0.5) is 0 Å². The topological polar surface area (TPSA) is 20.2 Å². The molecule has 0 saturated heterocycles. The van der Waals surface area contributed by atoms with Gasteiger partial charge in [-0.25, -0.2) is 0 Å². The third kappa shape index (κ3) is 1.65. The van der Waals surface area contributed by atoms with E-state index >= 15 is 0 Å². The summed E-state index contributed by atoms with van der Waals surface area (Å²) in [7, 11) is 0. The van der Waals surface area contributed by atoms with Crippen LogP contribution < -0.4 is 0 Å². The van der Waals surface area contributed by atoms with Gasteiger partial charge in [0, 0.05) is 5.92 Å². The van der Waals surface area contributed by atoms with Crippen molar-refractivity contribution in [2.24, 2.45) is 11.8 Å². The van der Waals surface area contributed by atoms with E-state index in [1.165, 1.54) is 11.1 Å². The lowest BCUT2D eigenvalue weighted by molar-refractivity contribution is -0.0209. The van der Waals surface area contributed by atoms with Crippen LogP contribution in [0.15, 0.2) is 54.6 Å². The summed E-state index contributed by atoms with van der Waals surface area (Å²) in [6.45, 7) is 6.04. The molecule has 1 saturated carbocycles. The summed E-state index contributed by atoms with van der Waals surface area (Å²) < 4.78 is 0. The van der Waals surface area contributed by atoms with Crippen LogP contribution in [0.1, 0.15) is 31.2 Å². The van der Waals surface area contributed by atoms with Crippen molar-refractivity contribution in [3.05, 3.63) is 60.2 Å². The largest absolute Gasteiger partial charge is 0.385 e. The van der Waals surface area contributed by atoms with E-state index in [2.05, 4.69) is 43.8 Å². The molecule has 0 aliphatic heterocycles. The highest BCUT2D eigenvalue weighted by Gasteiger charge is 2.48. The third-order valence-corrected chi connectivity index (χ3v) is 4.79. The fourth-order valence-electron chi connectivity index (χ4n) is 3.71. The van der Waals surface area contributed by atoms with Gasteiger partial charge in [-0.05, 0) is 37.2 Å². The molecule has 0 amide bonds. The first-order chi connectivity index (χ1) is 8.64. The third-order valence-electron chi connectivity index (χ3n) is 4.79. The minimum atomic E-state index is -0.719. The molecule has 1 N–H and O–H groups in total. The summed E-state index contributed by atoms with van der Waals surface area (Å²) >= 11 is 0. The van der Waals surface area contributed by atoms with Gasteiger partial charge in [-0.3, -0.25) is 0 Å². The quantitative estimate of drug-likeness (QED) is 0.782. The molecule has 0 spiro atoms. The fraction of sp³-hybridized carbons (Fsp3) is 0.412. The SMILES string of the molecule is C=C[C@@]1(O)C[C@H]2C[C@@H](c3ccccc3)[C@@H]1C=C2C. The highest BCUT2D eigenvalue weighted by Crippen LogP contribution is 2.53. The van der Waals surface area contributed by atoms with E-state index < -0.39 is 5.60 Å². The Morgan fingerprint density at radius 1 is 1.33 bits per heavy atom. The summed E-state index contributed by atoms with van der Waals surface area (Å²) in [5.74, 6) is 1.11. The van der Waals surface area contributed by atoms with Crippen LogP contribution in [0.5, 0.6) is 0 Å². The van der Waals surface area contributed by atoms with Crippen molar-refractivity contribution in [3.63, 3.8) is 0 Å². The van der Waals surface area contributed by atoms with Crippen LogP contribution in [-0.2, 0) is 0 Å². The van der Waals surface area contributed by atoms with E-state index in [0.717, 1.165) is 12.8 Å². The summed E-state index contributed by atoms with van der Waals surface area (Å²) in [5.41, 5.74) is 2.07. The van der Waals surface area contributed by atoms with Crippen LogP contribution in [0, 0.1) is 11.8 Å². The van der Waals surface area contributed by atoms with Crippen molar-refractivity contribution < 1.29 is 5.11 Å². The standard InChI is InChI=1S/C17H20O/c1-3-17(18)11-14-10-15(16(17)9-12(14)2)13-7-5-4-6-8-13/h3-9,14-16,18H,1,10-11H2,2H3/t14-,15+,16+,17-/m1/s1. The minimum absolute atomic E-state index is 0.183. The predicted molar refractivity (Wildman–Crippen MR) is 74.3 cm³/mol. The normalized spacial score (nSPS) is 38.3. The first-order valence-electron chi connectivity index (χ1n) is 6.73. The molecule has 0 aromatic heterocycles. The number of fused-ring (bicyclic) bond motifs is 2. The summed E-state index contributed by atoms with van der Waals surface area (Å²) in [6, 6.07) is 10.6. The molecule has 1 fully saturated rings. The Bertz CT molecular complexity index is 488. The monoisotopic (exact) mass is 240 g/mol. The Morgan fingerprint density at radius 2 is 2.06 bits per heavy atom. The van der Waals surface area contributed by atoms with E-state index in [-0.39, 0.29) is 5.92 Å². The van der Waals surface area contributed by atoms with Gasteiger partial charge in [-0.1, -0.05) is 48.1 Å². The maximum Gasteiger partial charge on any atom is 0.0899 e. The van der Waals surface area contributed by atoms with Crippen molar-refractivity contribution >= 4 is 0 Å². The molecule has 4 atom stereocenters. The van der Waals surface area contributed by atoms with E-state index in [4.69, 9.17) is 0 Å². The number of benzene rings is 1. The Hall–Kier alpha value is -1.34. The Labute approximate surface area is 109 Å². The molecule has 1 aromatic rings. The Balaban J connectivity index is 2.02. The number of hydrogen-bond acceptors (Lipinski definition) is 1. The zero-order chi connectivity index (χ0) is 12.8. The smallest absolute Gasteiger partial charge is 0.0899 e. The van der Waals surface area contributed by atoms with Crippen LogP contribution in [0.3, 0.4) is 0 Å². The second-order valence-electron chi connectivity index (χ2n) is 5.79. The molecule has 1 aromatic carbocycles. The van der Waals surface area contributed by atoms with Crippen molar-refractivity contribution in [3.8, 4) is 0 Å². The van der Waals surface area contributed by atoms with Crippen LogP contribution in [0.25, 0.3) is 0 Å². The molecule has 18 heavy (non-hydrogen) atoms. The molecule has 1 heteroatoms. The molecule has 3 aliphatic carbocycles. The van der Waals surface area contributed by atoms with Gasteiger partial charge in [0.1, 0.15) is 0 Å². The van der Waals surface area contributed by atoms with Crippen LogP contribution >= 0.6 is 0 Å². The highest BCUT2D eigenvalue weighted by molar-refractivity contribution is 5.33. The molecule has 94 valence electrons. The lowest BCUT2D eigenvalue weighted by atomic mass is 9.57. The summed E-state index contributed by atoms with van der Waals surface area (Å²) in [4.78, 5) is 0. The molecule has 0 unspecified atom stereocenters. The maximum atomic E-state index is 10.8. The van der Waals surface area contributed by atoms with Gasteiger partial charge >= 0.3 is 0 Å². The van der Waals surface area contributed by atoms with E-state index in [9.17, 15) is 5.11 Å². The summed E-state index contributed by atoms with van der Waals surface area (Å²) in [6.07, 6.45) is 6.03. The van der Waals surface area contributed by atoms with Crippen molar-refractivity contribution in [2.75, 3.05) is 0 Å². The molecule has 0 heterocycles. The predicted octanol–water partition coefficient (Wildman–Crippen LogP) is 3.67. The number of hydrogen-bond donors (Lipinski definition) is 1. The molecular formula is C17H20O. The average molecular weight is 240 g/mol. The average Bonchev–Trinajstić information content (AvgIpc) is 2.41. The lowest BCUT2D eigenvalue weighted by Crippen LogP contribution is -2.48. The number of allylic oxidation sites excluding steroid dienone is 1. The van der Waals surface area contributed by atoms with Crippen LogP contribution in [0.2, 0.25) is 0 Å². The van der Waals surface area contributed by atoms with Crippen molar-refractivity contribution in [1.82, 2.24) is 0 Å². The maximum absolute atomic E-state index is 10.8. The first kappa shape index (κ1) is 11.7. The lowest BCUT2D eigenvalue weighted by Gasteiger charge is -2.50. The molecule has 2 bridgehead atoms. The van der Waals surface area contributed by atoms with Crippen LogP contribution in [-0.4, -0.2) is 10.7 Å². The number of rotatable bonds is 2. The van der Waals surface area contributed by atoms with Crippen molar-refractivity contribution in [1.29, 1.82) is 0 Å². The first-order valence-corrected chi connectivity index (χ1v) is 6.73. The van der Waals surface area contributed by atoms with Gasteiger partial charge in [0.05, 0.1) is 5.60 Å². The zero-order valence-electron chi connectivity index (χ0n) is 10.8. The zero-order valence-corrected chi connectivity index (χ0v) is 10.8. The summed E-state index contributed by atoms with van der Waals surface area (Å²) in [5, 5.41) is 10.8. The second-order valence-corrected chi connectivity index (χ2v) is 5.79. The second kappa shape index (κ2) is 4.10. The molecular weight excluding hydrogens is 220 g/mol. The van der Waals surface area contributed by atoms with E-state index in [1.807, 2.05) is 6.07 Å². The Kier molecular flexibility index (Phi) is 2.67. The van der Waals surface area contributed by atoms with Gasteiger partial charge in [0.2, 0.25) is 0 Å². The van der Waals surface area contributed by atoms with Gasteiger partial charge in [-0.15, -0.1) is 6.58 Å². The van der Waals surface area contributed by atoms with E-state index in [0.29, 0.717) is 11.8 Å². The van der Waals surface area contributed by atoms with Gasteiger partial charge in [0.25, 0.3) is 0 Å². The number of aliphatic hydroxyl groups is 1. The molecule has 4 rings (SSSR count). The molecule has 0 radical (unpaired) electrons. The highest BCUT2D eigenvalue weighted by atomic mass is 16.3. The Morgan fingerprint density at radius 3 is 2.67 bits per heavy atom. The van der Waals surface area contributed by atoms with Crippen molar-refractivity contribution in [2.45, 2.75) is 31.3 Å². The fourth-order valence-corrected chi connectivity index (χ4v) is 3.71. The molecule has 3 aliphatic rings. The molecule has 1 nitrogen and oxygen atoms in total. The van der Waals surface area contributed by atoms with E-state index in [1.54, 1.807) is 6.08 Å². The van der Waals surface area contributed by atoms with Gasteiger partial charge in [0.15, 0.2) is 0 Å².